The number of ether oxygens (including phenoxy) is 6. The highest BCUT2D eigenvalue weighted by atomic mass is 16.8. The van der Waals surface area contributed by atoms with Gasteiger partial charge in [0.05, 0.1) is 19.3 Å². The van der Waals surface area contributed by atoms with Crippen LogP contribution in [0.15, 0.2) is 39.5 Å². The molecule has 3 aliphatic rings. The van der Waals surface area contributed by atoms with Crippen LogP contribution in [0, 0.1) is 0 Å². The van der Waals surface area contributed by atoms with Crippen molar-refractivity contribution < 1.29 is 99.2 Å². The van der Waals surface area contributed by atoms with Gasteiger partial charge in [0.1, 0.15) is 89.6 Å². The van der Waals surface area contributed by atoms with Gasteiger partial charge in [-0.1, -0.05) is 0 Å². The number of phenols is 4. The number of aliphatic hydroxyl groups excluding tert-OH is 9. The molecule has 1 aromatic heterocycles. The van der Waals surface area contributed by atoms with E-state index in [4.69, 9.17) is 32.8 Å². The minimum Gasteiger partial charge on any atom is -0.508 e. The van der Waals surface area contributed by atoms with Crippen LogP contribution in [0.25, 0.3) is 22.3 Å². The Morgan fingerprint density at radius 3 is 2.00 bits per heavy atom. The first-order valence-corrected chi connectivity index (χ1v) is 16.5. The Kier molecular flexibility index (Phi) is 11.5. The number of hydrogen-bond acceptors (Lipinski definition) is 21. The molecule has 9 unspecified atom stereocenters. The van der Waals surface area contributed by atoms with E-state index in [0.717, 1.165) is 24.3 Å². The molecule has 54 heavy (non-hydrogen) atoms. The van der Waals surface area contributed by atoms with E-state index < -0.39 is 151 Å². The van der Waals surface area contributed by atoms with Gasteiger partial charge in [-0.05, 0) is 25.1 Å². The molecule has 0 bridgehead atoms. The normalized spacial score (nSPS) is 37.3. The summed E-state index contributed by atoms with van der Waals surface area (Å²) < 4.78 is 39.8. The first-order valence-electron chi connectivity index (χ1n) is 16.5. The molecule has 15 atom stereocenters. The molecule has 0 spiro atoms. The van der Waals surface area contributed by atoms with Crippen molar-refractivity contribution in [3.8, 4) is 40.1 Å². The standard InChI is InChI=1S/C33H40O21/c1-9-19(39)22(42)25(45)31(49-9)48-8-17-29(53-32-26(46)23(43)20(40)16(7-34)51-32)24(44)27(47)33(52-17)54-30-21(41)18-14(38)5-11(35)6-15(18)50-28(30)10-2-3-12(36)13(37)4-10/h2-6,9,16-17,19-20,22-27,29,31-40,42-47H,7-8H2,1H3/t9?,16?,17?,19-,20+,22?,23?,24?,25?,26?,27?,29+,31+,32-,33-/m0/s1. The summed E-state index contributed by atoms with van der Waals surface area (Å²) in [6.45, 7) is -0.219. The maximum Gasteiger partial charge on any atom is 0.239 e. The summed E-state index contributed by atoms with van der Waals surface area (Å²) in [6, 6.07) is 5.04. The number of hydrogen-bond donors (Lipinski definition) is 13. The van der Waals surface area contributed by atoms with E-state index in [9.17, 15) is 71.2 Å². The van der Waals surface area contributed by atoms with E-state index >= 15 is 0 Å². The predicted octanol–water partition coefficient (Wildman–Crippen LogP) is -3.86. The van der Waals surface area contributed by atoms with Crippen LogP contribution in [-0.2, 0) is 23.7 Å². The Bertz CT molecular complexity index is 1850. The predicted molar refractivity (Wildman–Crippen MR) is 173 cm³/mol. The quantitative estimate of drug-likeness (QED) is 0.0925. The molecule has 3 aromatic rings. The van der Waals surface area contributed by atoms with Gasteiger partial charge >= 0.3 is 0 Å². The lowest BCUT2D eigenvalue weighted by Crippen LogP contribution is -2.65. The van der Waals surface area contributed by atoms with E-state index in [2.05, 4.69) is 0 Å². The van der Waals surface area contributed by atoms with Crippen molar-refractivity contribution in [3.63, 3.8) is 0 Å². The molecular formula is C33H40O21. The third kappa shape index (κ3) is 7.39. The van der Waals surface area contributed by atoms with E-state index in [1.165, 1.54) is 13.0 Å². The number of aliphatic hydroxyl groups is 9. The van der Waals surface area contributed by atoms with Crippen LogP contribution in [0.3, 0.4) is 0 Å². The Balaban J connectivity index is 1.37. The Morgan fingerprint density at radius 1 is 0.667 bits per heavy atom. The molecule has 0 saturated carbocycles. The summed E-state index contributed by atoms with van der Waals surface area (Å²) in [5.41, 5.74) is -1.56. The highest BCUT2D eigenvalue weighted by molar-refractivity contribution is 5.88. The molecule has 13 N–H and O–H groups in total. The Labute approximate surface area is 303 Å². The molecule has 3 aliphatic heterocycles. The van der Waals surface area contributed by atoms with Crippen LogP contribution in [0.2, 0.25) is 0 Å². The second kappa shape index (κ2) is 15.7. The van der Waals surface area contributed by atoms with Crippen LogP contribution in [0.1, 0.15) is 6.92 Å². The number of aromatic hydroxyl groups is 4. The van der Waals surface area contributed by atoms with Gasteiger partial charge < -0.3 is 99.2 Å². The maximum atomic E-state index is 13.9. The van der Waals surface area contributed by atoms with E-state index in [-0.39, 0.29) is 11.1 Å². The van der Waals surface area contributed by atoms with E-state index in [1.807, 2.05) is 0 Å². The van der Waals surface area contributed by atoms with Crippen molar-refractivity contribution in [2.75, 3.05) is 13.2 Å². The van der Waals surface area contributed by atoms with Crippen molar-refractivity contribution >= 4 is 11.0 Å². The number of fused-ring (bicyclic) bond motifs is 1. The second-order valence-corrected chi connectivity index (χ2v) is 13.1. The van der Waals surface area contributed by atoms with Crippen molar-refractivity contribution in [2.45, 2.75) is 99.0 Å². The zero-order chi connectivity index (χ0) is 39.3. The molecular weight excluding hydrogens is 732 g/mol. The summed E-state index contributed by atoms with van der Waals surface area (Å²) in [4.78, 5) is 13.9. The SMILES string of the molecule is CC1O[C@@H](OCC2O[C@@H](Oc3c(-c4ccc(O)c(O)c4)oc4cc(O)cc(O)c4c3=O)C(O)C(O)[C@@H]2O[C@@H]2OC(CO)[C@@H](O)C(O)C2O)C(O)C(O)[C@H]1O. The van der Waals surface area contributed by atoms with Crippen molar-refractivity contribution in [1.29, 1.82) is 0 Å². The molecule has 3 saturated heterocycles. The Morgan fingerprint density at radius 2 is 1.31 bits per heavy atom. The van der Waals surface area contributed by atoms with Crippen molar-refractivity contribution in [2.24, 2.45) is 0 Å². The Hall–Kier alpha value is -3.91. The van der Waals surface area contributed by atoms with Gasteiger partial charge in [0.15, 0.2) is 29.8 Å². The van der Waals surface area contributed by atoms with Gasteiger partial charge in [-0.2, -0.15) is 0 Å². The maximum absolute atomic E-state index is 13.9. The lowest BCUT2D eigenvalue weighted by Gasteiger charge is -2.46. The van der Waals surface area contributed by atoms with Crippen molar-refractivity contribution in [3.05, 3.63) is 40.6 Å². The topological polar surface area (TPSA) is 349 Å². The number of benzene rings is 2. The fourth-order valence-electron chi connectivity index (χ4n) is 6.33. The first-order chi connectivity index (χ1) is 25.5. The van der Waals surface area contributed by atoms with Gasteiger partial charge in [-0.25, -0.2) is 0 Å². The van der Waals surface area contributed by atoms with Gasteiger partial charge in [0.25, 0.3) is 0 Å². The molecule has 3 fully saturated rings. The second-order valence-electron chi connectivity index (χ2n) is 13.1. The third-order valence-electron chi connectivity index (χ3n) is 9.40. The lowest BCUT2D eigenvalue weighted by atomic mass is 9.96. The zero-order valence-electron chi connectivity index (χ0n) is 28.0. The zero-order valence-corrected chi connectivity index (χ0v) is 28.0. The molecule has 0 radical (unpaired) electrons. The van der Waals surface area contributed by atoms with Crippen LogP contribution < -0.4 is 10.2 Å². The summed E-state index contributed by atoms with van der Waals surface area (Å²) in [6.07, 6.45) is -26.5. The lowest BCUT2D eigenvalue weighted by molar-refractivity contribution is -0.359. The van der Waals surface area contributed by atoms with E-state index in [0.29, 0.717) is 0 Å². The monoisotopic (exact) mass is 772 g/mol. The summed E-state index contributed by atoms with van der Waals surface area (Å²) in [5.74, 6) is -3.72. The molecule has 21 nitrogen and oxygen atoms in total. The molecule has 6 rings (SSSR count). The summed E-state index contributed by atoms with van der Waals surface area (Å²) in [5, 5.41) is 134. The molecule has 298 valence electrons. The average molecular weight is 773 g/mol. The van der Waals surface area contributed by atoms with Crippen LogP contribution >= 0.6 is 0 Å². The molecule has 0 aliphatic carbocycles. The largest absolute Gasteiger partial charge is 0.508 e. The molecule has 4 heterocycles. The van der Waals surface area contributed by atoms with Crippen molar-refractivity contribution in [1.82, 2.24) is 0 Å². The fraction of sp³-hybridized carbons (Fsp3) is 0.545. The van der Waals surface area contributed by atoms with Crippen LogP contribution in [0.4, 0.5) is 0 Å². The minimum absolute atomic E-state index is 0.102. The third-order valence-corrected chi connectivity index (χ3v) is 9.40. The van der Waals surface area contributed by atoms with Gasteiger partial charge in [-0.3, -0.25) is 4.79 Å². The number of rotatable bonds is 9. The highest BCUT2D eigenvalue weighted by Crippen LogP contribution is 2.40. The summed E-state index contributed by atoms with van der Waals surface area (Å²) >= 11 is 0. The smallest absolute Gasteiger partial charge is 0.239 e. The van der Waals surface area contributed by atoms with E-state index in [1.54, 1.807) is 0 Å². The molecule has 0 amide bonds. The first kappa shape index (κ1) is 39.8. The van der Waals surface area contributed by atoms with Gasteiger partial charge in [0.2, 0.25) is 17.5 Å². The molecule has 21 heteroatoms. The van der Waals surface area contributed by atoms with Gasteiger partial charge in [0, 0.05) is 17.7 Å². The van der Waals surface area contributed by atoms with Gasteiger partial charge in [-0.15, -0.1) is 0 Å². The summed E-state index contributed by atoms with van der Waals surface area (Å²) in [7, 11) is 0. The fourth-order valence-corrected chi connectivity index (χ4v) is 6.33. The minimum atomic E-state index is -2.16. The average Bonchev–Trinajstić information content (AvgIpc) is 3.13. The van der Waals surface area contributed by atoms with Crippen LogP contribution in [0.5, 0.6) is 28.7 Å². The van der Waals surface area contributed by atoms with Crippen LogP contribution in [-0.4, -0.2) is 172 Å². The highest BCUT2D eigenvalue weighted by Gasteiger charge is 2.52. The number of phenolic OH excluding ortho intramolecular Hbond substituents is 4. The molecule has 2 aromatic carbocycles.